The van der Waals surface area contributed by atoms with E-state index in [0.29, 0.717) is 54.1 Å². The Kier molecular flexibility index (Phi) is 5.90. The lowest BCUT2D eigenvalue weighted by molar-refractivity contribution is 0.580. The van der Waals surface area contributed by atoms with Gasteiger partial charge in [0.05, 0.1) is 6.20 Å². The molecule has 31 heavy (non-hydrogen) atoms. The molecule has 0 bridgehead atoms. The molecule has 2 aliphatic rings. The van der Waals surface area contributed by atoms with Gasteiger partial charge in [0.1, 0.15) is 5.82 Å². The van der Waals surface area contributed by atoms with Gasteiger partial charge in [0.15, 0.2) is 17.0 Å². The summed E-state index contributed by atoms with van der Waals surface area (Å²) in [6, 6.07) is 10.2. The van der Waals surface area contributed by atoms with Crippen molar-refractivity contribution in [2.24, 2.45) is 0 Å². The van der Waals surface area contributed by atoms with Crippen molar-refractivity contribution in [1.29, 1.82) is 0 Å². The van der Waals surface area contributed by atoms with Crippen LogP contribution in [0.3, 0.4) is 0 Å². The zero-order chi connectivity index (χ0) is 21.0. The summed E-state index contributed by atoms with van der Waals surface area (Å²) in [5.41, 5.74) is 2.45. The van der Waals surface area contributed by atoms with Crippen molar-refractivity contribution in [3.8, 4) is 0 Å². The van der Waals surface area contributed by atoms with Crippen LogP contribution in [0.25, 0.3) is 11.2 Å². The highest BCUT2D eigenvalue weighted by Gasteiger charge is 2.23. The van der Waals surface area contributed by atoms with Gasteiger partial charge in [-0.2, -0.15) is 9.97 Å². The summed E-state index contributed by atoms with van der Waals surface area (Å²) >= 11 is 0. The summed E-state index contributed by atoms with van der Waals surface area (Å²) in [4.78, 5) is 23.5. The van der Waals surface area contributed by atoms with E-state index in [9.17, 15) is 4.21 Å². The molecule has 0 amide bonds. The first-order chi connectivity index (χ1) is 15.3. The van der Waals surface area contributed by atoms with Gasteiger partial charge in [-0.15, -0.1) is 0 Å². The predicted molar refractivity (Wildman–Crippen MR) is 124 cm³/mol. The van der Waals surface area contributed by atoms with E-state index < -0.39 is 10.8 Å². The molecule has 0 unspecified atom stereocenters. The fourth-order valence-electron chi connectivity index (χ4n) is 3.83. The molecule has 9 nitrogen and oxygen atoms in total. The highest BCUT2D eigenvalue weighted by molar-refractivity contribution is 7.85. The molecule has 10 heteroatoms. The van der Waals surface area contributed by atoms with Crippen LogP contribution in [-0.4, -0.2) is 74.9 Å². The second-order valence-electron chi connectivity index (χ2n) is 7.69. The first-order valence-corrected chi connectivity index (χ1v) is 12.1. The van der Waals surface area contributed by atoms with Crippen LogP contribution in [-0.2, 0) is 17.3 Å². The van der Waals surface area contributed by atoms with Gasteiger partial charge in [0, 0.05) is 68.1 Å². The van der Waals surface area contributed by atoms with Crippen molar-refractivity contribution < 1.29 is 4.21 Å². The van der Waals surface area contributed by atoms with Crippen LogP contribution in [0, 0.1) is 0 Å². The number of hydrogen-bond acceptors (Lipinski definition) is 9. The molecule has 0 radical (unpaired) electrons. The van der Waals surface area contributed by atoms with Crippen molar-refractivity contribution in [2.45, 2.75) is 6.54 Å². The minimum atomic E-state index is -0.752. The van der Waals surface area contributed by atoms with E-state index in [1.165, 1.54) is 5.56 Å². The van der Waals surface area contributed by atoms with Crippen molar-refractivity contribution in [1.82, 2.24) is 25.3 Å². The molecular formula is C21H26N8OS. The summed E-state index contributed by atoms with van der Waals surface area (Å²) < 4.78 is 11.9. The Labute approximate surface area is 183 Å². The quantitative estimate of drug-likeness (QED) is 0.605. The van der Waals surface area contributed by atoms with Gasteiger partial charge < -0.3 is 20.4 Å². The Morgan fingerprint density at radius 3 is 2.52 bits per heavy atom. The Hall–Kier alpha value is -2.85. The molecule has 2 N–H and O–H groups in total. The molecule has 1 aromatic carbocycles. The molecule has 4 heterocycles. The molecule has 0 aliphatic carbocycles. The van der Waals surface area contributed by atoms with E-state index in [2.05, 4.69) is 37.6 Å². The maximum atomic E-state index is 11.9. The van der Waals surface area contributed by atoms with Crippen molar-refractivity contribution in [2.75, 3.05) is 65.9 Å². The van der Waals surface area contributed by atoms with Crippen LogP contribution in [0.1, 0.15) is 5.56 Å². The first-order valence-electron chi connectivity index (χ1n) is 10.6. The minimum absolute atomic E-state index is 0.586. The summed E-state index contributed by atoms with van der Waals surface area (Å²) in [6.45, 7) is 5.60. The number of nitrogens with zero attached hydrogens (tertiary/aromatic N) is 6. The molecule has 0 spiro atoms. The van der Waals surface area contributed by atoms with Crippen molar-refractivity contribution in [3.63, 3.8) is 0 Å². The van der Waals surface area contributed by atoms with Gasteiger partial charge in [0.25, 0.3) is 0 Å². The summed E-state index contributed by atoms with van der Waals surface area (Å²) in [7, 11) is -0.752. The normalized spacial score (nSPS) is 17.8. The van der Waals surface area contributed by atoms with Gasteiger partial charge in [-0.25, -0.2) is 9.97 Å². The number of anilines is 3. The lowest BCUT2D eigenvalue weighted by Crippen LogP contribution is -2.44. The zero-order valence-corrected chi connectivity index (χ0v) is 18.1. The van der Waals surface area contributed by atoms with Crippen LogP contribution in [0.5, 0.6) is 0 Å². The van der Waals surface area contributed by atoms with E-state index >= 15 is 0 Å². The largest absolute Gasteiger partial charge is 0.365 e. The number of piperazine rings is 1. The maximum absolute atomic E-state index is 11.9. The molecule has 2 saturated heterocycles. The van der Waals surface area contributed by atoms with Crippen LogP contribution in [0.2, 0.25) is 0 Å². The third kappa shape index (κ3) is 4.59. The van der Waals surface area contributed by atoms with E-state index in [1.807, 2.05) is 18.2 Å². The molecule has 2 aromatic heterocycles. The average molecular weight is 439 g/mol. The minimum Gasteiger partial charge on any atom is -0.365 e. The molecular weight excluding hydrogens is 412 g/mol. The van der Waals surface area contributed by atoms with E-state index in [-0.39, 0.29) is 0 Å². The summed E-state index contributed by atoms with van der Waals surface area (Å²) in [6.07, 6.45) is 1.74. The first kappa shape index (κ1) is 20.1. The third-order valence-corrected chi connectivity index (χ3v) is 6.85. The maximum Gasteiger partial charge on any atom is 0.229 e. The van der Waals surface area contributed by atoms with Crippen LogP contribution >= 0.6 is 0 Å². The van der Waals surface area contributed by atoms with E-state index in [4.69, 9.17) is 15.0 Å². The van der Waals surface area contributed by atoms with Crippen molar-refractivity contribution in [3.05, 3.63) is 42.1 Å². The molecule has 162 valence electrons. The van der Waals surface area contributed by atoms with Crippen molar-refractivity contribution >= 4 is 39.5 Å². The van der Waals surface area contributed by atoms with Gasteiger partial charge in [-0.05, 0) is 5.56 Å². The Balaban J connectivity index is 1.48. The lowest BCUT2D eigenvalue weighted by atomic mass is 10.2. The SMILES string of the molecule is O=S1CCN(c2nc(N3CCNCC3)nc3nc(NCc4ccccc4)cnc23)CC1. The summed E-state index contributed by atoms with van der Waals surface area (Å²) in [5.74, 6) is 3.46. The van der Waals surface area contributed by atoms with Crippen LogP contribution in [0.4, 0.5) is 17.6 Å². The number of rotatable bonds is 5. The predicted octanol–water partition coefficient (Wildman–Crippen LogP) is 1.01. The molecule has 2 aliphatic heterocycles. The topological polar surface area (TPSA) is 99.2 Å². The number of benzene rings is 1. The average Bonchev–Trinajstić information content (AvgIpc) is 2.83. The van der Waals surface area contributed by atoms with Crippen LogP contribution < -0.4 is 20.4 Å². The molecule has 3 aromatic rings. The van der Waals surface area contributed by atoms with Gasteiger partial charge >= 0.3 is 0 Å². The highest BCUT2D eigenvalue weighted by atomic mass is 32.2. The smallest absolute Gasteiger partial charge is 0.229 e. The number of hydrogen-bond donors (Lipinski definition) is 2. The Morgan fingerprint density at radius 1 is 0.968 bits per heavy atom. The van der Waals surface area contributed by atoms with E-state index in [1.54, 1.807) is 6.20 Å². The second kappa shape index (κ2) is 9.11. The number of aromatic nitrogens is 4. The fraction of sp³-hybridized carbons (Fsp3) is 0.429. The molecule has 0 saturated carbocycles. The zero-order valence-electron chi connectivity index (χ0n) is 17.3. The molecule has 2 fully saturated rings. The summed E-state index contributed by atoms with van der Waals surface area (Å²) in [5, 5.41) is 6.71. The van der Waals surface area contributed by atoms with Gasteiger partial charge in [0.2, 0.25) is 5.95 Å². The lowest BCUT2D eigenvalue weighted by Gasteiger charge is -2.31. The monoisotopic (exact) mass is 438 g/mol. The number of fused-ring (bicyclic) bond motifs is 1. The second-order valence-corrected chi connectivity index (χ2v) is 9.38. The number of nitrogens with one attached hydrogen (secondary N) is 2. The van der Waals surface area contributed by atoms with Gasteiger partial charge in [-0.1, -0.05) is 30.3 Å². The van der Waals surface area contributed by atoms with Gasteiger partial charge in [-0.3, -0.25) is 4.21 Å². The highest BCUT2D eigenvalue weighted by Crippen LogP contribution is 2.26. The standard InChI is InChI=1S/C21H26N8OS/c30-31-12-10-28(11-13-31)20-18-19(26-21(27-20)29-8-6-22-7-9-29)25-17(15-24-18)23-14-16-4-2-1-3-5-16/h1-5,15,22H,6-14H2,(H,23,25,26,27). The van der Waals surface area contributed by atoms with E-state index in [0.717, 1.165) is 32.0 Å². The fourth-order valence-corrected chi connectivity index (χ4v) is 4.88. The van der Waals surface area contributed by atoms with Crippen LogP contribution in [0.15, 0.2) is 36.5 Å². The molecule has 5 rings (SSSR count). The Morgan fingerprint density at radius 2 is 1.74 bits per heavy atom. The third-order valence-electron chi connectivity index (χ3n) is 5.57. The molecule has 0 atom stereocenters. The Bertz CT molecular complexity index is 1060.